The largest absolute Gasteiger partial charge is 0.346 e. The first kappa shape index (κ1) is 16.9. The standard InChI is InChI=1S/C19H21N5OS/c1-12-6-9-24(11-12)18(25)16-17-15(7-10-26-17)22-19(23-16)21-13(2)14-5-3-4-8-20-14/h3-5,7-8,10,12-13H,6,9,11H2,1-2H3,(H,21,22,23)/t12-,13?/m0/s1. The van der Waals surface area contributed by atoms with Crippen molar-refractivity contribution in [1.29, 1.82) is 0 Å². The third-order valence-electron chi connectivity index (χ3n) is 4.69. The van der Waals surface area contributed by atoms with E-state index in [0.29, 0.717) is 17.6 Å². The molecule has 6 nitrogen and oxygen atoms in total. The second-order valence-corrected chi connectivity index (χ2v) is 7.71. The number of pyridine rings is 1. The number of amides is 1. The highest BCUT2D eigenvalue weighted by atomic mass is 32.1. The van der Waals surface area contributed by atoms with Crippen molar-refractivity contribution in [3.8, 4) is 0 Å². The maximum absolute atomic E-state index is 13.0. The lowest BCUT2D eigenvalue weighted by molar-refractivity contribution is 0.0784. The number of thiophene rings is 1. The molecule has 0 saturated carbocycles. The normalized spacial score (nSPS) is 18.2. The molecule has 134 valence electrons. The van der Waals surface area contributed by atoms with Crippen LogP contribution in [0.25, 0.3) is 10.2 Å². The molecular weight excluding hydrogens is 346 g/mol. The molecule has 1 unspecified atom stereocenters. The summed E-state index contributed by atoms with van der Waals surface area (Å²) in [6.45, 7) is 5.77. The molecule has 4 heterocycles. The van der Waals surface area contributed by atoms with Gasteiger partial charge in [-0.05, 0) is 42.8 Å². The van der Waals surface area contributed by atoms with Crippen LogP contribution in [0.4, 0.5) is 5.95 Å². The average molecular weight is 367 g/mol. The molecule has 1 saturated heterocycles. The maximum atomic E-state index is 13.0. The van der Waals surface area contributed by atoms with E-state index in [2.05, 4.69) is 27.2 Å². The number of hydrogen-bond donors (Lipinski definition) is 1. The number of nitrogens with zero attached hydrogens (tertiary/aromatic N) is 4. The first-order valence-corrected chi connectivity index (χ1v) is 9.72. The first-order chi connectivity index (χ1) is 12.6. The number of anilines is 1. The SMILES string of the molecule is CC(Nc1nc(C(=O)N2CC[C@H](C)C2)c2sccc2n1)c1ccccn1. The Bertz CT molecular complexity index is 926. The van der Waals surface area contributed by atoms with Gasteiger partial charge in [-0.25, -0.2) is 9.97 Å². The zero-order valence-corrected chi connectivity index (χ0v) is 15.7. The average Bonchev–Trinajstić information content (AvgIpc) is 3.30. The summed E-state index contributed by atoms with van der Waals surface area (Å²) in [4.78, 5) is 28.4. The van der Waals surface area contributed by atoms with E-state index in [-0.39, 0.29) is 11.9 Å². The molecule has 0 bridgehead atoms. The molecule has 4 rings (SSSR count). The van der Waals surface area contributed by atoms with Gasteiger partial charge in [0.15, 0.2) is 5.69 Å². The van der Waals surface area contributed by atoms with E-state index in [1.54, 1.807) is 6.20 Å². The Balaban J connectivity index is 1.65. The highest BCUT2D eigenvalue weighted by molar-refractivity contribution is 7.17. The molecule has 3 aromatic heterocycles. The van der Waals surface area contributed by atoms with Crippen LogP contribution in [0.5, 0.6) is 0 Å². The van der Waals surface area contributed by atoms with Gasteiger partial charge in [-0.15, -0.1) is 11.3 Å². The fourth-order valence-electron chi connectivity index (χ4n) is 3.24. The number of nitrogens with one attached hydrogen (secondary N) is 1. The Kier molecular flexibility index (Phi) is 4.55. The predicted octanol–water partition coefficient (Wildman–Crippen LogP) is 3.74. The second kappa shape index (κ2) is 6.99. The summed E-state index contributed by atoms with van der Waals surface area (Å²) in [6.07, 6.45) is 2.81. The summed E-state index contributed by atoms with van der Waals surface area (Å²) in [6, 6.07) is 7.67. The maximum Gasteiger partial charge on any atom is 0.274 e. The molecule has 0 aromatic carbocycles. The minimum atomic E-state index is -0.0537. The summed E-state index contributed by atoms with van der Waals surface area (Å²) >= 11 is 1.51. The monoisotopic (exact) mass is 367 g/mol. The fourth-order valence-corrected chi connectivity index (χ4v) is 4.05. The Hall–Kier alpha value is -2.54. The molecule has 1 fully saturated rings. The van der Waals surface area contributed by atoms with Gasteiger partial charge >= 0.3 is 0 Å². The molecule has 1 aliphatic heterocycles. The van der Waals surface area contributed by atoms with E-state index < -0.39 is 0 Å². The topological polar surface area (TPSA) is 71.0 Å². The third kappa shape index (κ3) is 3.26. The van der Waals surface area contributed by atoms with Crippen LogP contribution in [0.1, 0.15) is 42.5 Å². The summed E-state index contributed by atoms with van der Waals surface area (Å²) in [7, 11) is 0. The van der Waals surface area contributed by atoms with Gasteiger partial charge in [0.1, 0.15) is 0 Å². The van der Waals surface area contributed by atoms with Crippen LogP contribution in [0.15, 0.2) is 35.8 Å². The zero-order chi connectivity index (χ0) is 18.1. The predicted molar refractivity (Wildman–Crippen MR) is 103 cm³/mol. The Morgan fingerprint density at radius 1 is 1.35 bits per heavy atom. The van der Waals surface area contributed by atoms with Gasteiger partial charge in [0.2, 0.25) is 5.95 Å². The lowest BCUT2D eigenvalue weighted by Crippen LogP contribution is -2.29. The van der Waals surface area contributed by atoms with Gasteiger partial charge < -0.3 is 10.2 Å². The van der Waals surface area contributed by atoms with Gasteiger partial charge in [0.25, 0.3) is 5.91 Å². The van der Waals surface area contributed by atoms with E-state index in [4.69, 9.17) is 0 Å². The lowest BCUT2D eigenvalue weighted by atomic mass is 10.2. The number of likely N-dealkylation sites (tertiary alicyclic amines) is 1. The first-order valence-electron chi connectivity index (χ1n) is 8.84. The van der Waals surface area contributed by atoms with Crippen molar-refractivity contribution in [3.05, 3.63) is 47.2 Å². The molecule has 26 heavy (non-hydrogen) atoms. The van der Waals surface area contributed by atoms with E-state index in [0.717, 1.165) is 35.4 Å². The number of fused-ring (bicyclic) bond motifs is 1. The molecule has 3 aromatic rings. The van der Waals surface area contributed by atoms with Crippen molar-refractivity contribution < 1.29 is 4.79 Å². The molecule has 0 spiro atoms. The van der Waals surface area contributed by atoms with Crippen LogP contribution in [-0.2, 0) is 0 Å². The molecular formula is C19H21N5OS. The summed E-state index contributed by atoms with van der Waals surface area (Å²) in [5.74, 6) is 1.00. The molecule has 2 atom stereocenters. The minimum absolute atomic E-state index is 0.00209. The number of carbonyl (C=O) groups is 1. The van der Waals surface area contributed by atoms with Crippen molar-refractivity contribution in [2.24, 2.45) is 5.92 Å². The Morgan fingerprint density at radius 2 is 2.23 bits per heavy atom. The van der Waals surface area contributed by atoms with Crippen LogP contribution < -0.4 is 5.32 Å². The zero-order valence-electron chi connectivity index (χ0n) is 14.8. The van der Waals surface area contributed by atoms with Crippen LogP contribution in [-0.4, -0.2) is 38.8 Å². The summed E-state index contributed by atoms with van der Waals surface area (Å²) in [5, 5.41) is 5.24. The van der Waals surface area contributed by atoms with Gasteiger partial charge in [-0.1, -0.05) is 13.0 Å². The third-order valence-corrected chi connectivity index (χ3v) is 5.60. The van der Waals surface area contributed by atoms with Crippen LogP contribution in [0.2, 0.25) is 0 Å². The Labute approximate surface area is 156 Å². The smallest absolute Gasteiger partial charge is 0.274 e. The van der Waals surface area contributed by atoms with E-state index in [1.165, 1.54) is 11.3 Å². The molecule has 0 radical (unpaired) electrons. The van der Waals surface area contributed by atoms with E-state index in [9.17, 15) is 4.79 Å². The van der Waals surface area contributed by atoms with E-state index in [1.807, 2.05) is 41.5 Å². The second-order valence-electron chi connectivity index (χ2n) is 6.80. The lowest BCUT2D eigenvalue weighted by Gasteiger charge is -2.17. The number of rotatable bonds is 4. The van der Waals surface area contributed by atoms with Crippen molar-refractivity contribution in [3.63, 3.8) is 0 Å². The molecule has 1 aliphatic rings. The van der Waals surface area contributed by atoms with Crippen LogP contribution >= 0.6 is 11.3 Å². The van der Waals surface area contributed by atoms with Gasteiger partial charge in [-0.3, -0.25) is 9.78 Å². The van der Waals surface area contributed by atoms with Crippen molar-refractivity contribution in [2.45, 2.75) is 26.3 Å². The van der Waals surface area contributed by atoms with E-state index >= 15 is 0 Å². The molecule has 1 N–H and O–H groups in total. The minimum Gasteiger partial charge on any atom is -0.346 e. The van der Waals surface area contributed by atoms with Gasteiger partial charge in [0, 0.05) is 19.3 Å². The van der Waals surface area contributed by atoms with Crippen molar-refractivity contribution >= 4 is 33.4 Å². The van der Waals surface area contributed by atoms with Crippen LogP contribution in [0, 0.1) is 5.92 Å². The number of carbonyl (C=O) groups excluding carboxylic acids is 1. The number of hydrogen-bond acceptors (Lipinski definition) is 6. The molecule has 0 aliphatic carbocycles. The summed E-state index contributed by atoms with van der Waals surface area (Å²) in [5.41, 5.74) is 2.20. The summed E-state index contributed by atoms with van der Waals surface area (Å²) < 4.78 is 0.852. The highest BCUT2D eigenvalue weighted by Crippen LogP contribution is 2.27. The Morgan fingerprint density at radius 3 is 2.96 bits per heavy atom. The van der Waals surface area contributed by atoms with Crippen LogP contribution in [0.3, 0.4) is 0 Å². The fraction of sp³-hybridized carbons (Fsp3) is 0.368. The molecule has 7 heteroatoms. The van der Waals surface area contributed by atoms with Crippen molar-refractivity contribution in [2.75, 3.05) is 18.4 Å². The quantitative estimate of drug-likeness (QED) is 0.760. The van der Waals surface area contributed by atoms with Crippen molar-refractivity contribution in [1.82, 2.24) is 19.9 Å². The molecule has 1 amide bonds. The van der Waals surface area contributed by atoms with Gasteiger partial charge in [-0.2, -0.15) is 0 Å². The van der Waals surface area contributed by atoms with Gasteiger partial charge in [0.05, 0.1) is 22.0 Å². The highest BCUT2D eigenvalue weighted by Gasteiger charge is 2.27. The number of aromatic nitrogens is 3.